The largest absolute Gasteiger partial charge is 0.384 e. The molecule has 1 saturated heterocycles. The van der Waals surface area contributed by atoms with Gasteiger partial charge in [-0.2, -0.15) is 0 Å². The monoisotopic (exact) mass is 424 g/mol. The van der Waals surface area contributed by atoms with Gasteiger partial charge in [-0.15, -0.1) is 0 Å². The van der Waals surface area contributed by atoms with Crippen molar-refractivity contribution < 1.29 is 17.7 Å². The van der Waals surface area contributed by atoms with Gasteiger partial charge in [0.25, 0.3) is 6.43 Å². The third kappa shape index (κ3) is 5.04. The number of nitrogens with zero attached hydrogens (tertiary/aromatic N) is 4. The summed E-state index contributed by atoms with van der Waals surface area (Å²) in [6.07, 6.45) is 4.14. The SMILES string of the molecule is CS(C)=O.Nc1cc(N2CCOCC2C(F)F)nc(-c2ccnc3[nH]ccc23)n1. The summed E-state index contributed by atoms with van der Waals surface area (Å²) < 4.78 is 41.4. The molecule has 156 valence electrons. The summed E-state index contributed by atoms with van der Waals surface area (Å²) in [7, 11) is -0.611. The molecule has 1 unspecified atom stereocenters. The third-order valence-corrected chi connectivity index (χ3v) is 4.18. The minimum atomic E-state index is -2.54. The Balaban J connectivity index is 0.000000552. The summed E-state index contributed by atoms with van der Waals surface area (Å²) in [4.78, 5) is 17.6. The van der Waals surface area contributed by atoms with E-state index in [9.17, 15) is 13.0 Å². The fraction of sp³-hybridized carbons (Fsp3) is 0.389. The molecule has 0 spiro atoms. The first-order chi connectivity index (χ1) is 13.9. The van der Waals surface area contributed by atoms with Crippen LogP contribution >= 0.6 is 0 Å². The Kier molecular flexibility index (Phi) is 6.70. The van der Waals surface area contributed by atoms with Crippen molar-refractivity contribution in [2.75, 3.05) is 42.9 Å². The van der Waals surface area contributed by atoms with Gasteiger partial charge in [0.2, 0.25) is 0 Å². The zero-order chi connectivity index (χ0) is 21.0. The smallest absolute Gasteiger partial charge is 0.260 e. The van der Waals surface area contributed by atoms with Gasteiger partial charge >= 0.3 is 0 Å². The van der Waals surface area contributed by atoms with Gasteiger partial charge in [-0.1, -0.05) is 0 Å². The van der Waals surface area contributed by atoms with Crippen LogP contribution in [0.3, 0.4) is 0 Å². The van der Waals surface area contributed by atoms with Gasteiger partial charge in [0.15, 0.2) is 5.82 Å². The fourth-order valence-electron chi connectivity index (χ4n) is 2.99. The number of nitrogens with one attached hydrogen (secondary N) is 1. The summed E-state index contributed by atoms with van der Waals surface area (Å²) in [6.45, 7) is 0.634. The van der Waals surface area contributed by atoms with Gasteiger partial charge in [-0.25, -0.2) is 23.7 Å². The standard InChI is InChI=1S/C16H16F2N6O.C2H6OS/c17-14(18)11-8-25-6-5-24(11)13-7-12(19)22-16(23-13)10-2-4-21-15-9(10)1-3-20-15;1-4(2)3/h1-4,7,11,14H,5-6,8H2,(H,20,21)(H2,19,22,23);1-2H3. The quantitative estimate of drug-likeness (QED) is 0.662. The van der Waals surface area contributed by atoms with Crippen molar-refractivity contribution in [1.29, 1.82) is 0 Å². The molecule has 1 atom stereocenters. The number of ether oxygens (including phenoxy) is 1. The van der Waals surface area contributed by atoms with Crippen LogP contribution in [0.1, 0.15) is 0 Å². The number of nitrogens with two attached hydrogens (primary N) is 1. The lowest BCUT2D eigenvalue weighted by atomic mass is 10.1. The number of morpholine rings is 1. The number of H-pyrrole nitrogens is 1. The topological polar surface area (TPSA) is 110 Å². The maximum atomic E-state index is 13.3. The maximum absolute atomic E-state index is 13.3. The number of nitrogen functional groups attached to an aromatic ring is 1. The zero-order valence-corrected chi connectivity index (χ0v) is 16.8. The van der Waals surface area contributed by atoms with Crippen LogP contribution in [0.5, 0.6) is 0 Å². The summed E-state index contributed by atoms with van der Waals surface area (Å²) >= 11 is 0. The van der Waals surface area contributed by atoms with Crippen LogP contribution < -0.4 is 10.6 Å². The predicted octanol–water partition coefficient (Wildman–Crippen LogP) is 2.07. The average Bonchev–Trinajstić information content (AvgIpc) is 3.16. The van der Waals surface area contributed by atoms with E-state index in [2.05, 4.69) is 19.9 Å². The number of anilines is 2. The first-order valence-electron chi connectivity index (χ1n) is 8.81. The van der Waals surface area contributed by atoms with Crippen molar-refractivity contribution in [1.82, 2.24) is 19.9 Å². The van der Waals surface area contributed by atoms with Crippen molar-refractivity contribution >= 4 is 33.5 Å². The molecular formula is C18H22F2N6O2S. The summed E-state index contributed by atoms with van der Waals surface area (Å²) in [5, 5.41) is 0.839. The first-order valence-corrected chi connectivity index (χ1v) is 10.8. The predicted molar refractivity (Wildman–Crippen MR) is 109 cm³/mol. The summed E-state index contributed by atoms with van der Waals surface area (Å²) in [5.41, 5.74) is 7.36. The Hall–Kier alpha value is -2.66. The Labute approximate surface area is 169 Å². The van der Waals surface area contributed by atoms with Crippen molar-refractivity contribution in [3.8, 4) is 11.4 Å². The average molecular weight is 424 g/mol. The van der Waals surface area contributed by atoms with E-state index in [0.29, 0.717) is 30.4 Å². The van der Waals surface area contributed by atoms with Crippen LogP contribution in [0.15, 0.2) is 30.6 Å². The van der Waals surface area contributed by atoms with Crippen molar-refractivity contribution in [3.63, 3.8) is 0 Å². The molecule has 0 aliphatic carbocycles. The normalized spacial score (nSPS) is 16.9. The zero-order valence-electron chi connectivity index (χ0n) is 16.0. The second-order valence-corrected chi connectivity index (χ2v) is 7.97. The second-order valence-electron chi connectivity index (χ2n) is 6.48. The molecule has 0 saturated carbocycles. The molecule has 1 aliphatic heterocycles. The molecule has 4 heterocycles. The highest BCUT2D eigenvalue weighted by atomic mass is 32.2. The Morgan fingerprint density at radius 2 is 2.10 bits per heavy atom. The van der Waals surface area contributed by atoms with E-state index in [1.165, 1.54) is 11.0 Å². The number of aromatic nitrogens is 4. The second kappa shape index (κ2) is 9.23. The molecule has 3 aromatic heterocycles. The van der Waals surface area contributed by atoms with E-state index in [-0.39, 0.29) is 12.4 Å². The van der Waals surface area contributed by atoms with Crippen LogP contribution in [-0.2, 0) is 15.5 Å². The summed E-state index contributed by atoms with van der Waals surface area (Å²) in [6, 6.07) is 4.10. The molecule has 11 heteroatoms. The minimum absolute atomic E-state index is 0.0474. The highest BCUT2D eigenvalue weighted by Crippen LogP contribution is 2.29. The Morgan fingerprint density at radius 3 is 2.83 bits per heavy atom. The lowest BCUT2D eigenvalue weighted by Crippen LogP contribution is -2.50. The summed E-state index contributed by atoms with van der Waals surface area (Å²) in [5.74, 6) is 0.970. The number of pyridine rings is 1. The van der Waals surface area contributed by atoms with Crippen LogP contribution in [0.25, 0.3) is 22.4 Å². The number of halogens is 2. The molecule has 3 aromatic rings. The Morgan fingerprint density at radius 1 is 1.34 bits per heavy atom. The minimum Gasteiger partial charge on any atom is -0.384 e. The van der Waals surface area contributed by atoms with Crippen molar-refractivity contribution in [2.45, 2.75) is 12.5 Å². The highest BCUT2D eigenvalue weighted by molar-refractivity contribution is 7.83. The molecule has 0 radical (unpaired) electrons. The fourth-order valence-corrected chi connectivity index (χ4v) is 2.99. The number of fused-ring (bicyclic) bond motifs is 1. The van der Waals surface area contributed by atoms with Crippen LogP contribution in [0.4, 0.5) is 20.4 Å². The van der Waals surface area contributed by atoms with E-state index in [1.54, 1.807) is 31.0 Å². The molecule has 8 nitrogen and oxygen atoms in total. The molecule has 4 rings (SSSR count). The van der Waals surface area contributed by atoms with Gasteiger partial charge < -0.3 is 20.4 Å². The van der Waals surface area contributed by atoms with Crippen molar-refractivity contribution in [2.24, 2.45) is 0 Å². The first kappa shape index (κ1) is 21.1. The lowest BCUT2D eigenvalue weighted by Gasteiger charge is -2.36. The number of aromatic amines is 1. The third-order valence-electron chi connectivity index (χ3n) is 4.18. The maximum Gasteiger partial charge on any atom is 0.260 e. The van der Waals surface area contributed by atoms with Crippen LogP contribution in [0.2, 0.25) is 0 Å². The molecule has 0 amide bonds. The van der Waals surface area contributed by atoms with E-state index < -0.39 is 23.3 Å². The molecule has 0 aromatic carbocycles. The lowest BCUT2D eigenvalue weighted by molar-refractivity contribution is 0.0203. The van der Waals surface area contributed by atoms with Gasteiger partial charge in [-0.05, 0) is 12.1 Å². The van der Waals surface area contributed by atoms with Gasteiger partial charge in [-0.3, -0.25) is 4.21 Å². The van der Waals surface area contributed by atoms with Crippen LogP contribution in [-0.4, -0.2) is 68.9 Å². The number of rotatable bonds is 3. The van der Waals surface area contributed by atoms with Gasteiger partial charge in [0, 0.05) is 59.3 Å². The van der Waals surface area contributed by atoms with Gasteiger partial charge in [0.1, 0.15) is 23.3 Å². The van der Waals surface area contributed by atoms with E-state index in [0.717, 1.165) is 10.9 Å². The van der Waals surface area contributed by atoms with Crippen molar-refractivity contribution in [3.05, 3.63) is 30.6 Å². The van der Waals surface area contributed by atoms with E-state index in [4.69, 9.17) is 10.5 Å². The molecule has 29 heavy (non-hydrogen) atoms. The molecule has 1 aliphatic rings. The number of hydrogen-bond donors (Lipinski definition) is 2. The number of alkyl halides is 2. The molecular weight excluding hydrogens is 402 g/mol. The molecule has 0 bridgehead atoms. The highest BCUT2D eigenvalue weighted by Gasteiger charge is 2.32. The van der Waals surface area contributed by atoms with Crippen LogP contribution in [0, 0.1) is 0 Å². The van der Waals surface area contributed by atoms with Gasteiger partial charge in [0.05, 0.1) is 13.2 Å². The molecule has 3 N–H and O–H groups in total. The molecule has 1 fully saturated rings. The Bertz CT molecular complexity index is 995. The van der Waals surface area contributed by atoms with E-state index >= 15 is 0 Å². The number of hydrogen-bond acceptors (Lipinski definition) is 7. The van der Waals surface area contributed by atoms with E-state index in [1.807, 2.05) is 6.07 Å².